The molecule has 8 heteroatoms. The molecule has 3 heterocycles. The van der Waals surface area contributed by atoms with Gasteiger partial charge in [0.2, 0.25) is 5.95 Å². The molecule has 160 valence electrons. The summed E-state index contributed by atoms with van der Waals surface area (Å²) in [5.74, 6) is 1.54. The molecule has 6 rings (SSSR count). The number of halogens is 1. The second-order valence-electron chi connectivity index (χ2n) is 8.27. The molecule has 1 saturated carbocycles. The van der Waals surface area contributed by atoms with E-state index in [1.165, 1.54) is 12.8 Å². The summed E-state index contributed by atoms with van der Waals surface area (Å²) in [5.41, 5.74) is 6.48. The maximum Gasteiger partial charge on any atom is 0.208 e. The van der Waals surface area contributed by atoms with Crippen LogP contribution in [0.15, 0.2) is 60.8 Å². The molecule has 5 aromatic rings. The van der Waals surface area contributed by atoms with Crippen LogP contribution in [0.25, 0.3) is 27.9 Å². The minimum atomic E-state index is 0.435. The van der Waals surface area contributed by atoms with Crippen LogP contribution in [0.4, 0.5) is 17.3 Å². The Labute approximate surface area is 190 Å². The van der Waals surface area contributed by atoms with Crippen LogP contribution in [0.3, 0.4) is 0 Å². The van der Waals surface area contributed by atoms with Gasteiger partial charge in [-0.1, -0.05) is 35.9 Å². The normalized spacial score (nSPS) is 13.7. The van der Waals surface area contributed by atoms with E-state index >= 15 is 0 Å². The number of hydrogen-bond acceptors (Lipinski definition) is 5. The average molecular weight is 444 g/mol. The lowest BCUT2D eigenvalue weighted by Crippen LogP contribution is -2.10. The third kappa shape index (κ3) is 3.44. The van der Waals surface area contributed by atoms with Crippen LogP contribution < -0.4 is 10.2 Å². The number of nitrogens with zero attached hydrogens (tertiary/aromatic N) is 5. The maximum atomic E-state index is 6.34. The zero-order chi connectivity index (χ0) is 21.7. The number of anilines is 3. The van der Waals surface area contributed by atoms with Crippen molar-refractivity contribution in [3.8, 4) is 11.3 Å². The highest BCUT2D eigenvalue weighted by Gasteiger charge is 2.22. The van der Waals surface area contributed by atoms with E-state index in [9.17, 15) is 0 Å². The zero-order valence-corrected chi connectivity index (χ0v) is 18.3. The molecule has 0 unspecified atom stereocenters. The molecule has 0 radical (unpaired) electrons. The molecule has 0 amide bonds. The van der Waals surface area contributed by atoms with Gasteiger partial charge in [-0.3, -0.25) is 0 Å². The van der Waals surface area contributed by atoms with Crippen LogP contribution in [0.5, 0.6) is 0 Å². The van der Waals surface area contributed by atoms with E-state index in [-0.39, 0.29) is 0 Å². The fourth-order valence-electron chi connectivity index (χ4n) is 3.93. The predicted octanol–water partition coefficient (Wildman–Crippen LogP) is 5.52. The van der Waals surface area contributed by atoms with Crippen LogP contribution >= 0.6 is 11.6 Å². The Balaban J connectivity index is 1.37. The fraction of sp³-hybridized carbons (Fsp3) is 0.208. The number of imidazole rings is 2. The lowest BCUT2D eigenvalue weighted by Gasteiger charge is -2.15. The summed E-state index contributed by atoms with van der Waals surface area (Å²) >= 11 is 6.34. The number of hydrogen-bond donors (Lipinski definition) is 2. The predicted molar refractivity (Wildman–Crippen MR) is 129 cm³/mol. The van der Waals surface area contributed by atoms with Gasteiger partial charge in [-0.25, -0.2) is 14.5 Å². The molecular weight excluding hydrogens is 422 g/mol. The number of rotatable bonds is 6. The minimum absolute atomic E-state index is 0.435. The van der Waals surface area contributed by atoms with Gasteiger partial charge in [-0.05, 0) is 43.0 Å². The second-order valence-corrected chi connectivity index (χ2v) is 8.66. The molecule has 0 bridgehead atoms. The van der Waals surface area contributed by atoms with Crippen molar-refractivity contribution in [3.63, 3.8) is 0 Å². The lowest BCUT2D eigenvalue weighted by molar-refractivity contribution is 0.882. The molecule has 0 spiro atoms. The van der Waals surface area contributed by atoms with Crippen LogP contribution in [0.2, 0.25) is 5.15 Å². The number of fused-ring (bicyclic) bond motifs is 2. The molecule has 2 N–H and O–H groups in total. The summed E-state index contributed by atoms with van der Waals surface area (Å²) < 4.78 is 1.81. The van der Waals surface area contributed by atoms with Crippen molar-refractivity contribution in [2.75, 3.05) is 23.8 Å². The van der Waals surface area contributed by atoms with E-state index < -0.39 is 0 Å². The van der Waals surface area contributed by atoms with Gasteiger partial charge in [0, 0.05) is 30.9 Å². The molecule has 7 nitrogen and oxygen atoms in total. The third-order valence-corrected chi connectivity index (χ3v) is 6.13. The highest BCUT2D eigenvalue weighted by Crippen LogP contribution is 2.32. The smallest absolute Gasteiger partial charge is 0.208 e. The van der Waals surface area contributed by atoms with Crippen molar-refractivity contribution in [1.29, 1.82) is 0 Å². The number of benzene rings is 2. The summed E-state index contributed by atoms with van der Waals surface area (Å²) in [6.07, 6.45) is 4.41. The topological polar surface area (TPSA) is 74.1 Å². The number of aromatic nitrogens is 5. The molecule has 0 aliphatic heterocycles. The quantitative estimate of drug-likeness (QED) is 0.361. The summed E-state index contributed by atoms with van der Waals surface area (Å²) in [4.78, 5) is 14.9. The van der Waals surface area contributed by atoms with Crippen LogP contribution in [-0.4, -0.2) is 38.2 Å². The Bertz CT molecular complexity index is 1420. The van der Waals surface area contributed by atoms with Crippen molar-refractivity contribution < 1.29 is 0 Å². The van der Waals surface area contributed by atoms with Crippen LogP contribution in [0, 0.1) is 5.92 Å². The molecule has 32 heavy (non-hydrogen) atoms. The van der Waals surface area contributed by atoms with E-state index in [4.69, 9.17) is 16.6 Å². The molecule has 0 saturated heterocycles. The number of aromatic amines is 1. The standard InChI is InChI=1S/C24H22ClN7/c1-31(17-5-3-2-4-6-17)24-28-18-10-9-16(11-19(18)29-24)21-14-27-23-20(26-13-15-7-8-15)12-22(25)30-32(21)23/h2-6,9-12,14-15,26H,7-8,13H2,1H3,(H,28,29). The first-order chi connectivity index (χ1) is 15.7. The van der Waals surface area contributed by atoms with Gasteiger partial charge in [-0.2, -0.15) is 5.10 Å². The number of nitrogens with one attached hydrogen (secondary N) is 2. The molecular formula is C24H22ClN7. The van der Waals surface area contributed by atoms with E-state index in [1.54, 1.807) is 0 Å². The first kappa shape index (κ1) is 19.1. The van der Waals surface area contributed by atoms with Gasteiger partial charge in [0.05, 0.1) is 28.6 Å². The molecule has 0 atom stereocenters. The Hall–Kier alpha value is -3.58. The molecule has 1 aliphatic rings. The van der Waals surface area contributed by atoms with Crippen molar-refractivity contribution in [2.45, 2.75) is 12.8 Å². The summed E-state index contributed by atoms with van der Waals surface area (Å²) in [7, 11) is 2.00. The Morgan fingerprint density at radius 2 is 2.00 bits per heavy atom. The molecule has 1 aliphatic carbocycles. The number of H-pyrrole nitrogens is 1. The van der Waals surface area contributed by atoms with Gasteiger partial charge in [-0.15, -0.1) is 0 Å². The van der Waals surface area contributed by atoms with Crippen molar-refractivity contribution in [3.05, 3.63) is 65.9 Å². The van der Waals surface area contributed by atoms with Crippen LogP contribution in [-0.2, 0) is 0 Å². The van der Waals surface area contributed by atoms with Gasteiger partial charge in [0.1, 0.15) is 0 Å². The maximum absolute atomic E-state index is 6.34. The van der Waals surface area contributed by atoms with E-state index in [0.29, 0.717) is 5.15 Å². The first-order valence-electron chi connectivity index (χ1n) is 10.7. The van der Waals surface area contributed by atoms with E-state index in [2.05, 4.69) is 38.6 Å². The molecule has 1 fully saturated rings. The lowest BCUT2D eigenvalue weighted by atomic mass is 10.1. The monoisotopic (exact) mass is 443 g/mol. The SMILES string of the molecule is CN(c1ccccc1)c1nc2ccc(-c3cnc4c(NCC5CC5)cc(Cl)nn34)cc2[nH]1. The van der Waals surface area contributed by atoms with Gasteiger partial charge < -0.3 is 15.2 Å². The van der Waals surface area contributed by atoms with Crippen LogP contribution in [0.1, 0.15) is 12.8 Å². The first-order valence-corrected chi connectivity index (χ1v) is 11.1. The molecule has 3 aromatic heterocycles. The summed E-state index contributed by atoms with van der Waals surface area (Å²) in [6, 6.07) is 18.1. The third-order valence-electron chi connectivity index (χ3n) is 5.94. The minimum Gasteiger partial charge on any atom is -0.382 e. The Morgan fingerprint density at radius 3 is 2.81 bits per heavy atom. The van der Waals surface area contributed by atoms with Crippen molar-refractivity contribution in [1.82, 2.24) is 24.6 Å². The zero-order valence-electron chi connectivity index (χ0n) is 17.6. The fourth-order valence-corrected chi connectivity index (χ4v) is 4.11. The highest BCUT2D eigenvalue weighted by molar-refractivity contribution is 6.29. The van der Waals surface area contributed by atoms with Crippen molar-refractivity contribution in [2.24, 2.45) is 5.92 Å². The number of para-hydroxylation sites is 1. The van der Waals surface area contributed by atoms with E-state index in [1.807, 2.05) is 59.1 Å². The highest BCUT2D eigenvalue weighted by atomic mass is 35.5. The van der Waals surface area contributed by atoms with Crippen molar-refractivity contribution >= 4 is 45.6 Å². The van der Waals surface area contributed by atoms with Gasteiger partial charge in [0.25, 0.3) is 0 Å². The van der Waals surface area contributed by atoms with E-state index in [0.717, 1.165) is 57.7 Å². The Kier molecular flexibility index (Phi) is 4.50. The summed E-state index contributed by atoms with van der Waals surface area (Å²) in [5, 5.41) is 8.44. The average Bonchev–Trinajstić information content (AvgIpc) is 3.39. The second kappa shape index (κ2) is 7.53. The van der Waals surface area contributed by atoms with Gasteiger partial charge in [0.15, 0.2) is 10.8 Å². The largest absolute Gasteiger partial charge is 0.382 e. The van der Waals surface area contributed by atoms with Gasteiger partial charge >= 0.3 is 0 Å². The molecule has 2 aromatic carbocycles. The Morgan fingerprint density at radius 1 is 1.16 bits per heavy atom. The summed E-state index contributed by atoms with van der Waals surface area (Å²) in [6.45, 7) is 0.940.